The number of nitrogens with two attached hydrogens (primary N) is 3. The highest BCUT2D eigenvalue weighted by Crippen LogP contribution is 2.14. The van der Waals surface area contributed by atoms with Gasteiger partial charge in [0.05, 0.1) is 6.54 Å². The zero-order chi connectivity index (χ0) is 11.9. The summed E-state index contributed by atoms with van der Waals surface area (Å²) in [6.45, 7) is 2.23. The molecule has 0 aromatic heterocycles. The summed E-state index contributed by atoms with van der Waals surface area (Å²) in [6.07, 6.45) is 0.400. The molecule has 17 heavy (non-hydrogen) atoms. The highest BCUT2D eigenvalue weighted by atomic mass is 35.5. The van der Waals surface area contributed by atoms with Crippen molar-refractivity contribution in [1.82, 2.24) is 0 Å². The van der Waals surface area contributed by atoms with Crippen LogP contribution in [0.3, 0.4) is 0 Å². The van der Waals surface area contributed by atoms with Gasteiger partial charge in [-0.2, -0.15) is 11.8 Å². The van der Waals surface area contributed by atoms with Crippen molar-refractivity contribution in [3.05, 3.63) is 0 Å². The predicted molar refractivity (Wildman–Crippen MR) is 77.3 cm³/mol. The smallest absolute Gasteiger partial charge is 0.324 e. The van der Waals surface area contributed by atoms with Gasteiger partial charge in [-0.25, -0.2) is 0 Å². The molecule has 0 saturated carbocycles. The van der Waals surface area contributed by atoms with E-state index in [0.717, 1.165) is 0 Å². The lowest BCUT2D eigenvalue weighted by atomic mass is 10.0. The monoisotopic (exact) mass is 306 g/mol. The van der Waals surface area contributed by atoms with Gasteiger partial charge in [-0.05, 0) is 6.42 Å². The molecule has 7 N–H and O–H groups in total. The van der Waals surface area contributed by atoms with Gasteiger partial charge in [-0.1, -0.05) is 6.92 Å². The highest BCUT2D eigenvalue weighted by molar-refractivity contribution is 7.99. The van der Waals surface area contributed by atoms with Crippen LogP contribution >= 0.6 is 36.6 Å². The highest BCUT2D eigenvalue weighted by Gasteiger charge is 2.31. The first kappa shape index (κ1) is 21.9. The summed E-state index contributed by atoms with van der Waals surface area (Å²) in [7, 11) is 0. The molecule has 6 nitrogen and oxygen atoms in total. The van der Waals surface area contributed by atoms with E-state index in [1.165, 1.54) is 11.8 Å². The molecule has 0 bridgehead atoms. The van der Waals surface area contributed by atoms with E-state index in [9.17, 15) is 4.79 Å². The van der Waals surface area contributed by atoms with E-state index in [4.69, 9.17) is 22.3 Å². The van der Waals surface area contributed by atoms with Gasteiger partial charge in [0.15, 0.2) is 5.96 Å². The van der Waals surface area contributed by atoms with Crippen LogP contribution < -0.4 is 17.2 Å². The lowest BCUT2D eigenvalue weighted by Crippen LogP contribution is -2.49. The molecular weight excluding hydrogens is 287 g/mol. The van der Waals surface area contributed by atoms with E-state index in [2.05, 4.69) is 4.99 Å². The van der Waals surface area contributed by atoms with Crippen molar-refractivity contribution in [3.63, 3.8) is 0 Å². The molecule has 0 aliphatic rings. The SMILES string of the molecule is CC[C@](N)(CSCCN=C(N)N)C(=O)O.Cl.Cl. The Kier molecular flexibility index (Phi) is 13.8. The zero-order valence-electron chi connectivity index (χ0n) is 9.59. The fraction of sp³-hybridized carbons (Fsp3) is 0.750. The third-order valence-electron chi connectivity index (χ3n) is 1.95. The molecule has 0 aromatic rings. The molecule has 0 spiro atoms. The maximum Gasteiger partial charge on any atom is 0.324 e. The normalized spacial score (nSPS) is 12.6. The number of guanidine groups is 1. The van der Waals surface area contributed by atoms with Crippen molar-refractivity contribution in [3.8, 4) is 0 Å². The molecule has 104 valence electrons. The van der Waals surface area contributed by atoms with Crippen molar-refractivity contribution in [2.24, 2.45) is 22.2 Å². The quantitative estimate of drug-likeness (QED) is 0.298. The Morgan fingerprint density at radius 3 is 2.29 bits per heavy atom. The van der Waals surface area contributed by atoms with E-state index >= 15 is 0 Å². The van der Waals surface area contributed by atoms with Crippen molar-refractivity contribution < 1.29 is 9.90 Å². The summed E-state index contributed by atoms with van der Waals surface area (Å²) >= 11 is 1.43. The first-order chi connectivity index (χ1) is 6.92. The molecule has 0 amide bonds. The molecule has 0 radical (unpaired) electrons. The molecule has 0 aromatic carbocycles. The van der Waals surface area contributed by atoms with Gasteiger partial charge in [0, 0.05) is 11.5 Å². The third-order valence-corrected chi connectivity index (χ3v) is 3.14. The summed E-state index contributed by atoms with van der Waals surface area (Å²) < 4.78 is 0. The second kappa shape index (κ2) is 10.8. The number of nitrogens with zero attached hydrogens (tertiary/aromatic N) is 1. The van der Waals surface area contributed by atoms with Crippen LogP contribution in [-0.2, 0) is 4.79 Å². The number of halogens is 2. The molecule has 0 unspecified atom stereocenters. The minimum atomic E-state index is -1.15. The van der Waals surface area contributed by atoms with Crippen molar-refractivity contribution in [1.29, 1.82) is 0 Å². The lowest BCUT2D eigenvalue weighted by molar-refractivity contribution is -0.142. The number of hydrogen-bond acceptors (Lipinski definition) is 4. The minimum Gasteiger partial charge on any atom is -0.480 e. The van der Waals surface area contributed by atoms with Crippen LogP contribution in [0.5, 0.6) is 0 Å². The first-order valence-electron chi connectivity index (χ1n) is 4.58. The summed E-state index contributed by atoms with van der Waals surface area (Å²) in [5, 5.41) is 8.87. The Morgan fingerprint density at radius 1 is 1.41 bits per heavy atom. The Hall–Kier alpha value is -0.370. The lowest BCUT2D eigenvalue weighted by Gasteiger charge is -2.21. The Morgan fingerprint density at radius 2 is 1.94 bits per heavy atom. The molecular formula is C8H20Cl2N4O2S. The standard InChI is InChI=1S/C8H18N4O2S.2ClH/c1-2-8(11,6(13)14)5-15-4-3-12-7(9)10;;/h2-5,11H2,1H3,(H,13,14)(H4,9,10,12);2*1H/t8-;;/m0../s1. The Labute approximate surface area is 118 Å². The van der Waals surface area contributed by atoms with Gasteiger partial charge in [0.2, 0.25) is 0 Å². The van der Waals surface area contributed by atoms with E-state index in [1.807, 2.05) is 0 Å². The van der Waals surface area contributed by atoms with Crippen LogP contribution in [0.2, 0.25) is 0 Å². The predicted octanol–water partition coefficient (Wildman–Crippen LogP) is 0.0287. The molecule has 1 atom stereocenters. The van der Waals surface area contributed by atoms with Gasteiger partial charge in [0.25, 0.3) is 0 Å². The van der Waals surface area contributed by atoms with Crippen molar-refractivity contribution >= 4 is 48.5 Å². The van der Waals surface area contributed by atoms with E-state index in [-0.39, 0.29) is 30.8 Å². The Bertz CT molecular complexity index is 252. The van der Waals surface area contributed by atoms with E-state index in [0.29, 0.717) is 24.5 Å². The summed E-state index contributed by atoms with van der Waals surface area (Å²) in [6, 6.07) is 0. The molecule has 0 saturated heterocycles. The number of thioether (sulfide) groups is 1. The second-order valence-electron chi connectivity index (χ2n) is 3.17. The third kappa shape index (κ3) is 9.34. The van der Waals surface area contributed by atoms with Gasteiger partial charge < -0.3 is 22.3 Å². The number of aliphatic carboxylic acids is 1. The average Bonchev–Trinajstić information content (AvgIpc) is 2.16. The number of carboxylic acids is 1. The number of hydrogen-bond donors (Lipinski definition) is 4. The Balaban J connectivity index is -0.000000980. The van der Waals surface area contributed by atoms with Crippen LogP contribution in [0.25, 0.3) is 0 Å². The molecule has 0 fully saturated rings. The zero-order valence-corrected chi connectivity index (χ0v) is 12.0. The number of rotatable bonds is 7. The minimum absolute atomic E-state index is 0. The molecule has 0 aliphatic heterocycles. The van der Waals surface area contributed by atoms with Crippen LogP contribution in [0.4, 0.5) is 0 Å². The van der Waals surface area contributed by atoms with Crippen LogP contribution in [0.1, 0.15) is 13.3 Å². The van der Waals surface area contributed by atoms with E-state index < -0.39 is 11.5 Å². The number of carboxylic acid groups (broad SMARTS) is 1. The van der Waals surface area contributed by atoms with Crippen molar-refractivity contribution in [2.45, 2.75) is 18.9 Å². The second-order valence-corrected chi connectivity index (χ2v) is 4.28. The maximum atomic E-state index is 10.8. The number of carbonyl (C=O) groups is 1. The molecule has 0 aliphatic carbocycles. The summed E-state index contributed by atoms with van der Waals surface area (Å²) in [5.41, 5.74) is 14.8. The summed E-state index contributed by atoms with van der Waals surface area (Å²) in [5.74, 6) is 0.0887. The molecule has 9 heteroatoms. The van der Waals surface area contributed by atoms with Crippen molar-refractivity contribution in [2.75, 3.05) is 18.1 Å². The fourth-order valence-electron chi connectivity index (χ4n) is 0.809. The fourth-order valence-corrected chi connectivity index (χ4v) is 1.87. The van der Waals surface area contributed by atoms with Crippen LogP contribution in [0, 0.1) is 0 Å². The average molecular weight is 307 g/mol. The summed E-state index contributed by atoms with van der Waals surface area (Å²) in [4.78, 5) is 14.6. The van der Waals surface area contributed by atoms with Gasteiger partial charge >= 0.3 is 5.97 Å². The molecule has 0 rings (SSSR count). The largest absolute Gasteiger partial charge is 0.480 e. The topological polar surface area (TPSA) is 128 Å². The van der Waals surface area contributed by atoms with Crippen LogP contribution in [-0.4, -0.2) is 40.6 Å². The van der Waals surface area contributed by atoms with Gasteiger partial charge in [-0.15, -0.1) is 24.8 Å². The van der Waals surface area contributed by atoms with Gasteiger partial charge in [0.1, 0.15) is 5.54 Å². The van der Waals surface area contributed by atoms with E-state index in [1.54, 1.807) is 6.92 Å². The number of aliphatic imine (C=N–C) groups is 1. The first-order valence-corrected chi connectivity index (χ1v) is 5.73. The maximum absolute atomic E-state index is 10.8. The van der Waals surface area contributed by atoms with Crippen LogP contribution in [0.15, 0.2) is 4.99 Å². The molecule has 0 heterocycles. The van der Waals surface area contributed by atoms with Gasteiger partial charge in [-0.3, -0.25) is 9.79 Å².